The normalized spacial score (nSPS) is 13.4. The molecule has 0 radical (unpaired) electrons. The SMILES string of the molecule is CC/C=C\C/C=C\C/C=C\C/C=C\C/C=C\C/C=C\C/C=C\C/C=C\C/C=C\CCCC(=O)OCC(COC(=O)CCCCCCCCC/C=C\CCCCCCCC)OC(=O)CCC/C=C\C/C=C\C/C=C\C/C=C\C/C=C\CC. The highest BCUT2D eigenvalue weighted by molar-refractivity contribution is 5.71. The highest BCUT2D eigenvalue weighted by atomic mass is 16.6. The first-order chi connectivity index (χ1) is 40.0. The van der Waals surface area contributed by atoms with E-state index in [4.69, 9.17) is 14.2 Å². The van der Waals surface area contributed by atoms with Crippen molar-refractivity contribution in [1.29, 1.82) is 0 Å². The average Bonchev–Trinajstić information content (AvgIpc) is 3.47. The largest absolute Gasteiger partial charge is 0.462 e. The van der Waals surface area contributed by atoms with Crippen LogP contribution in [0.15, 0.2) is 182 Å². The van der Waals surface area contributed by atoms with E-state index in [0.717, 1.165) is 122 Å². The number of carbonyl (C=O) groups excluding carboxylic acids is 3. The second kappa shape index (κ2) is 67.0. The lowest BCUT2D eigenvalue weighted by atomic mass is 10.1. The van der Waals surface area contributed by atoms with E-state index in [1.165, 1.54) is 77.0 Å². The van der Waals surface area contributed by atoms with E-state index in [9.17, 15) is 14.4 Å². The highest BCUT2D eigenvalue weighted by Gasteiger charge is 2.19. The zero-order valence-corrected chi connectivity index (χ0v) is 51.7. The third-order valence-electron chi connectivity index (χ3n) is 12.9. The van der Waals surface area contributed by atoms with Gasteiger partial charge in [0.25, 0.3) is 0 Å². The Kier molecular flexibility index (Phi) is 62.5. The summed E-state index contributed by atoms with van der Waals surface area (Å²) >= 11 is 0. The monoisotopic (exact) mass is 1110 g/mol. The summed E-state index contributed by atoms with van der Waals surface area (Å²) in [5, 5.41) is 0. The second-order valence-corrected chi connectivity index (χ2v) is 20.5. The van der Waals surface area contributed by atoms with Gasteiger partial charge in [-0.2, -0.15) is 0 Å². The van der Waals surface area contributed by atoms with Crippen LogP contribution in [0.4, 0.5) is 0 Å². The lowest BCUT2D eigenvalue weighted by Gasteiger charge is -2.18. The summed E-state index contributed by atoms with van der Waals surface area (Å²) in [6, 6.07) is 0. The van der Waals surface area contributed by atoms with E-state index < -0.39 is 6.10 Å². The molecule has 0 rings (SSSR count). The summed E-state index contributed by atoms with van der Waals surface area (Å²) in [7, 11) is 0. The molecule has 0 aliphatic rings. The van der Waals surface area contributed by atoms with Crippen molar-refractivity contribution in [2.75, 3.05) is 13.2 Å². The standard InChI is InChI=1S/C75H116O6/c1-4-7-10-13-16-19-22-25-28-31-32-33-34-35-36-37-38-39-40-41-42-45-47-50-53-56-59-62-65-68-74(77)80-71-72(81-75(78)69-66-63-60-57-54-51-48-44-30-27-24-21-18-15-12-9-6-3)70-79-73(76)67-64-61-58-55-52-49-46-43-29-26-23-20-17-14-11-8-5-2/h7,9-10,12,16,18-19,21,25-30,32-33,35-36,38-39,41-42,47-48,50-51,56-57,59-60,72H,4-6,8,11,13-15,17,20,22-24,31,34,37,40,43-46,49,52-55,58,61-71H2,1-3H3/b10-7-,12-9-,19-16-,21-18-,28-25-,29-26-,30-27-,33-32-,36-35-,39-38-,42-41-,50-47-,51-48-,59-56-,60-57-. The van der Waals surface area contributed by atoms with Gasteiger partial charge >= 0.3 is 17.9 Å². The molecule has 6 heteroatoms. The van der Waals surface area contributed by atoms with Crippen molar-refractivity contribution in [1.82, 2.24) is 0 Å². The van der Waals surface area contributed by atoms with Gasteiger partial charge in [0.15, 0.2) is 6.10 Å². The molecule has 0 aromatic rings. The molecule has 0 aromatic heterocycles. The van der Waals surface area contributed by atoms with Crippen molar-refractivity contribution in [3.63, 3.8) is 0 Å². The number of rotatable bonds is 56. The molecule has 0 saturated heterocycles. The topological polar surface area (TPSA) is 78.9 Å². The molecule has 0 aliphatic carbocycles. The fraction of sp³-hybridized carbons (Fsp3) is 0.560. The number of allylic oxidation sites excluding steroid dienone is 30. The molecule has 452 valence electrons. The molecule has 0 aromatic carbocycles. The summed E-state index contributed by atoms with van der Waals surface area (Å²) in [4.78, 5) is 38.3. The average molecular weight is 1110 g/mol. The lowest BCUT2D eigenvalue weighted by Crippen LogP contribution is -2.30. The van der Waals surface area contributed by atoms with Crippen LogP contribution in [0.2, 0.25) is 0 Å². The first kappa shape index (κ1) is 75.5. The second-order valence-electron chi connectivity index (χ2n) is 20.5. The van der Waals surface area contributed by atoms with Crippen molar-refractivity contribution >= 4 is 17.9 Å². The molecule has 0 fully saturated rings. The Morgan fingerprint density at radius 2 is 0.494 bits per heavy atom. The van der Waals surface area contributed by atoms with Gasteiger partial charge in [0.05, 0.1) is 0 Å². The van der Waals surface area contributed by atoms with Crippen molar-refractivity contribution < 1.29 is 28.6 Å². The van der Waals surface area contributed by atoms with Crippen molar-refractivity contribution in [3.05, 3.63) is 182 Å². The summed E-state index contributed by atoms with van der Waals surface area (Å²) in [5.74, 6) is -1.06. The van der Waals surface area contributed by atoms with Crippen molar-refractivity contribution in [3.8, 4) is 0 Å². The first-order valence-electron chi connectivity index (χ1n) is 32.3. The summed E-state index contributed by atoms with van der Waals surface area (Å²) in [6.45, 7) is 6.30. The van der Waals surface area contributed by atoms with Gasteiger partial charge in [0, 0.05) is 19.3 Å². The van der Waals surface area contributed by atoms with E-state index in [0.29, 0.717) is 19.3 Å². The molecule has 0 bridgehead atoms. The number of esters is 3. The molecule has 0 N–H and O–H groups in total. The zero-order chi connectivity index (χ0) is 58.5. The van der Waals surface area contributed by atoms with Crippen LogP contribution in [0.25, 0.3) is 0 Å². The maximum Gasteiger partial charge on any atom is 0.306 e. The lowest BCUT2D eigenvalue weighted by molar-refractivity contribution is -0.167. The Labute approximate surface area is 497 Å². The molecular formula is C75H116O6. The predicted octanol–water partition coefficient (Wildman–Crippen LogP) is 22.4. The number of carbonyl (C=O) groups is 3. The van der Waals surface area contributed by atoms with Crippen LogP contribution in [-0.4, -0.2) is 37.2 Å². The minimum atomic E-state index is -0.845. The molecule has 81 heavy (non-hydrogen) atoms. The quantitative estimate of drug-likeness (QED) is 0.0261. The van der Waals surface area contributed by atoms with Gasteiger partial charge < -0.3 is 14.2 Å². The number of hydrogen-bond acceptors (Lipinski definition) is 6. The summed E-state index contributed by atoms with van der Waals surface area (Å²) in [5.41, 5.74) is 0. The van der Waals surface area contributed by atoms with Crippen LogP contribution < -0.4 is 0 Å². The van der Waals surface area contributed by atoms with E-state index in [2.05, 4.69) is 203 Å². The van der Waals surface area contributed by atoms with Crippen LogP contribution in [0.1, 0.15) is 252 Å². The van der Waals surface area contributed by atoms with Gasteiger partial charge in [-0.15, -0.1) is 0 Å². The Hall–Kier alpha value is -5.49. The van der Waals surface area contributed by atoms with Crippen LogP contribution in [0.5, 0.6) is 0 Å². The Bertz CT molecular complexity index is 1900. The third-order valence-corrected chi connectivity index (χ3v) is 12.9. The van der Waals surface area contributed by atoms with Crippen molar-refractivity contribution in [2.24, 2.45) is 0 Å². The van der Waals surface area contributed by atoms with E-state index >= 15 is 0 Å². The van der Waals surface area contributed by atoms with E-state index in [-0.39, 0.29) is 44.0 Å². The fourth-order valence-corrected chi connectivity index (χ4v) is 8.12. The maximum absolute atomic E-state index is 12.9. The molecule has 6 nitrogen and oxygen atoms in total. The Morgan fingerprint density at radius 3 is 0.815 bits per heavy atom. The number of unbranched alkanes of at least 4 members (excludes halogenated alkanes) is 15. The van der Waals surface area contributed by atoms with Gasteiger partial charge in [-0.25, -0.2) is 0 Å². The van der Waals surface area contributed by atoms with E-state index in [1.807, 2.05) is 0 Å². The van der Waals surface area contributed by atoms with Gasteiger partial charge in [0.2, 0.25) is 0 Å². The summed E-state index contributed by atoms with van der Waals surface area (Å²) in [6.07, 6.45) is 100. The van der Waals surface area contributed by atoms with Crippen LogP contribution >= 0.6 is 0 Å². The van der Waals surface area contributed by atoms with Gasteiger partial charge in [-0.3, -0.25) is 14.4 Å². The Morgan fingerprint density at radius 1 is 0.259 bits per heavy atom. The number of ether oxygens (including phenoxy) is 3. The van der Waals surface area contributed by atoms with Crippen LogP contribution in [-0.2, 0) is 28.6 Å². The van der Waals surface area contributed by atoms with Crippen LogP contribution in [0, 0.1) is 0 Å². The molecule has 0 aliphatic heterocycles. The maximum atomic E-state index is 12.9. The van der Waals surface area contributed by atoms with Gasteiger partial charge in [0.1, 0.15) is 13.2 Å². The molecule has 0 amide bonds. The minimum absolute atomic E-state index is 0.129. The third kappa shape index (κ3) is 65.2. The van der Waals surface area contributed by atoms with Gasteiger partial charge in [-0.05, 0) is 148 Å². The molecule has 0 saturated carbocycles. The minimum Gasteiger partial charge on any atom is -0.462 e. The first-order valence-corrected chi connectivity index (χ1v) is 32.3. The summed E-state index contributed by atoms with van der Waals surface area (Å²) < 4.78 is 16.8. The Balaban J connectivity index is 4.56. The highest BCUT2D eigenvalue weighted by Crippen LogP contribution is 2.13. The molecular weight excluding hydrogens is 997 g/mol. The smallest absolute Gasteiger partial charge is 0.306 e. The molecule has 0 spiro atoms. The molecule has 1 atom stereocenters. The van der Waals surface area contributed by atoms with E-state index in [1.54, 1.807) is 0 Å². The molecule has 1 unspecified atom stereocenters. The van der Waals surface area contributed by atoms with Crippen LogP contribution in [0.3, 0.4) is 0 Å². The zero-order valence-electron chi connectivity index (χ0n) is 51.7. The predicted molar refractivity (Wildman–Crippen MR) is 352 cm³/mol. The van der Waals surface area contributed by atoms with Gasteiger partial charge in [-0.1, -0.05) is 267 Å². The fourth-order valence-electron chi connectivity index (χ4n) is 8.12. The molecule has 0 heterocycles. The number of hydrogen-bond donors (Lipinski definition) is 0. The van der Waals surface area contributed by atoms with Crippen molar-refractivity contribution in [2.45, 2.75) is 258 Å².